The lowest BCUT2D eigenvalue weighted by Gasteiger charge is -2.25. The van der Waals surface area contributed by atoms with Crippen LogP contribution in [0.25, 0.3) is 11.0 Å². The molecule has 0 amide bonds. The molecule has 4 nitrogen and oxygen atoms in total. The van der Waals surface area contributed by atoms with Crippen molar-refractivity contribution in [2.45, 2.75) is 34.2 Å². The third kappa shape index (κ3) is 2.84. The van der Waals surface area contributed by atoms with Crippen molar-refractivity contribution in [2.24, 2.45) is 17.8 Å². The number of nitrogens with zero attached hydrogens (tertiary/aromatic N) is 2. The minimum Gasteiger partial charge on any atom is -0.478 e. The van der Waals surface area contributed by atoms with Gasteiger partial charge in [0.1, 0.15) is 0 Å². The highest BCUT2D eigenvalue weighted by molar-refractivity contribution is 5.92. The summed E-state index contributed by atoms with van der Waals surface area (Å²) in [6.07, 6.45) is 1.81. The van der Waals surface area contributed by atoms with Gasteiger partial charge in [-0.05, 0) is 36.0 Å². The third-order valence-electron chi connectivity index (χ3n) is 3.99. The summed E-state index contributed by atoms with van der Waals surface area (Å²) in [6.45, 7) is 9.88. The summed E-state index contributed by atoms with van der Waals surface area (Å²) in [5.74, 6) is 0.867. The third-order valence-corrected chi connectivity index (χ3v) is 3.99. The van der Waals surface area contributed by atoms with Crippen molar-refractivity contribution in [3.8, 4) is 0 Å². The van der Waals surface area contributed by atoms with E-state index in [-0.39, 0.29) is 5.56 Å². The van der Waals surface area contributed by atoms with E-state index in [0.29, 0.717) is 17.8 Å². The molecule has 1 heterocycles. The highest BCUT2D eigenvalue weighted by atomic mass is 16.4. The maximum Gasteiger partial charge on any atom is 0.335 e. The number of carbonyl (C=O) groups is 1. The molecule has 0 bridgehead atoms. The molecule has 1 aromatic heterocycles. The molecule has 2 rings (SSSR count). The molecule has 0 aliphatic heterocycles. The Bertz CT molecular complexity index is 606. The predicted molar refractivity (Wildman–Crippen MR) is 79.9 cm³/mol. The second kappa shape index (κ2) is 5.65. The van der Waals surface area contributed by atoms with Gasteiger partial charge in [0.25, 0.3) is 0 Å². The molecule has 4 heteroatoms. The first-order valence-electron chi connectivity index (χ1n) is 7.08. The Kier molecular flexibility index (Phi) is 4.12. The van der Waals surface area contributed by atoms with Gasteiger partial charge in [-0.25, -0.2) is 9.78 Å². The van der Waals surface area contributed by atoms with Gasteiger partial charge in [-0.2, -0.15) is 0 Å². The van der Waals surface area contributed by atoms with Crippen LogP contribution < -0.4 is 0 Å². The zero-order valence-corrected chi connectivity index (χ0v) is 12.5. The summed E-state index contributed by atoms with van der Waals surface area (Å²) < 4.78 is 2.13. The summed E-state index contributed by atoms with van der Waals surface area (Å²) in [6, 6.07) is 5.13. The summed E-state index contributed by atoms with van der Waals surface area (Å²) in [4.78, 5) is 15.3. The Hall–Kier alpha value is -1.84. The Morgan fingerprint density at radius 1 is 1.25 bits per heavy atom. The zero-order chi connectivity index (χ0) is 14.9. The van der Waals surface area contributed by atoms with Crippen LogP contribution in [-0.2, 0) is 6.54 Å². The van der Waals surface area contributed by atoms with Crippen LogP contribution in [0.5, 0.6) is 0 Å². The van der Waals surface area contributed by atoms with E-state index in [2.05, 4.69) is 37.2 Å². The lowest BCUT2D eigenvalue weighted by atomic mass is 9.85. The number of hydrogen-bond acceptors (Lipinski definition) is 2. The number of rotatable bonds is 5. The normalized spacial score (nSPS) is 11.9. The molecule has 0 saturated heterocycles. The van der Waals surface area contributed by atoms with Crippen molar-refractivity contribution in [1.29, 1.82) is 0 Å². The molecule has 0 saturated carbocycles. The van der Waals surface area contributed by atoms with E-state index in [1.165, 1.54) is 0 Å². The number of carboxylic acid groups (broad SMARTS) is 1. The molecule has 0 spiro atoms. The van der Waals surface area contributed by atoms with Crippen molar-refractivity contribution >= 4 is 17.0 Å². The van der Waals surface area contributed by atoms with Gasteiger partial charge in [0, 0.05) is 6.54 Å². The fraction of sp³-hybridized carbons (Fsp3) is 0.500. The molecule has 0 fully saturated rings. The maximum atomic E-state index is 11.0. The molecule has 20 heavy (non-hydrogen) atoms. The van der Waals surface area contributed by atoms with E-state index in [4.69, 9.17) is 5.11 Å². The van der Waals surface area contributed by atoms with E-state index < -0.39 is 5.97 Å². The van der Waals surface area contributed by atoms with E-state index in [0.717, 1.165) is 17.6 Å². The number of aromatic carboxylic acids is 1. The van der Waals surface area contributed by atoms with Crippen LogP contribution >= 0.6 is 0 Å². The average molecular weight is 274 g/mol. The average Bonchev–Trinajstić information content (AvgIpc) is 2.77. The van der Waals surface area contributed by atoms with E-state index >= 15 is 0 Å². The van der Waals surface area contributed by atoms with Crippen LogP contribution in [-0.4, -0.2) is 20.6 Å². The lowest BCUT2D eigenvalue weighted by Crippen LogP contribution is -2.21. The number of fused-ring (bicyclic) bond motifs is 1. The maximum absolute atomic E-state index is 11.0. The van der Waals surface area contributed by atoms with E-state index in [1.807, 2.05) is 12.4 Å². The first-order chi connectivity index (χ1) is 9.40. The molecule has 1 aromatic carbocycles. The quantitative estimate of drug-likeness (QED) is 0.905. The van der Waals surface area contributed by atoms with Gasteiger partial charge < -0.3 is 9.67 Å². The van der Waals surface area contributed by atoms with Crippen LogP contribution in [0.15, 0.2) is 24.5 Å². The molecular formula is C16H22N2O2. The molecule has 1 N–H and O–H groups in total. The molecule has 0 aliphatic carbocycles. The summed E-state index contributed by atoms with van der Waals surface area (Å²) >= 11 is 0. The van der Waals surface area contributed by atoms with Crippen LogP contribution in [0.2, 0.25) is 0 Å². The number of aromatic nitrogens is 2. The van der Waals surface area contributed by atoms with Gasteiger partial charge >= 0.3 is 5.97 Å². The minimum atomic E-state index is -0.913. The van der Waals surface area contributed by atoms with Crippen LogP contribution in [0, 0.1) is 17.8 Å². The van der Waals surface area contributed by atoms with Gasteiger partial charge in [-0.1, -0.05) is 27.7 Å². The van der Waals surface area contributed by atoms with Gasteiger partial charge in [-0.3, -0.25) is 0 Å². The standard InChI is InChI=1S/C16H22N2O2/c1-10(2)13(11(3)4)8-18-9-17-14-7-12(16(19)20)5-6-15(14)18/h5-7,9-11,13H,8H2,1-4H3,(H,19,20). The molecule has 0 atom stereocenters. The van der Waals surface area contributed by atoms with Crippen molar-refractivity contribution in [2.75, 3.05) is 0 Å². The monoisotopic (exact) mass is 274 g/mol. The SMILES string of the molecule is CC(C)C(Cn1cnc2cc(C(=O)O)ccc21)C(C)C. The smallest absolute Gasteiger partial charge is 0.335 e. The Balaban J connectivity index is 2.34. The second-order valence-electron chi connectivity index (χ2n) is 6.06. The molecule has 2 aromatic rings. The first kappa shape index (κ1) is 14.6. The highest BCUT2D eigenvalue weighted by Crippen LogP contribution is 2.25. The van der Waals surface area contributed by atoms with Crippen LogP contribution in [0.1, 0.15) is 38.1 Å². The molecule has 0 aliphatic rings. The largest absolute Gasteiger partial charge is 0.478 e. The van der Waals surface area contributed by atoms with E-state index in [9.17, 15) is 4.79 Å². The van der Waals surface area contributed by atoms with E-state index in [1.54, 1.807) is 12.1 Å². The zero-order valence-electron chi connectivity index (χ0n) is 12.5. The van der Waals surface area contributed by atoms with Gasteiger partial charge in [-0.15, -0.1) is 0 Å². The second-order valence-corrected chi connectivity index (χ2v) is 6.06. The summed E-state index contributed by atoms with van der Waals surface area (Å²) in [5, 5.41) is 9.01. The van der Waals surface area contributed by atoms with Crippen molar-refractivity contribution in [1.82, 2.24) is 9.55 Å². The van der Waals surface area contributed by atoms with Gasteiger partial charge in [0.05, 0.1) is 22.9 Å². The number of imidazole rings is 1. The lowest BCUT2D eigenvalue weighted by molar-refractivity contribution is 0.0697. The predicted octanol–water partition coefficient (Wildman–Crippen LogP) is 3.66. The molecule has 108 valence electrons. The summed E-state index contributed by atoms with van der Waals surface area (Å²) in [5.41, 5.74) is 2.03. The fourth-order valence-electron chi connectivity index (χ4n) is 2.76. The fourth-order valence-corrected chi connectivity index (χ4v) is 2.76. The Labute approximate surface area is 119 Å². The van der Waals surface area contributed by atoms with Crippen molar-refractivity contribution in [3.63, 3.8) is 0 Å². The summed E-state index contributed by atoms with van der Waals surface area (Å²) in [7, 11) is 0. The number of benzene rings is 1. The first-order valence-corrected chi connectivity index (χ1v) is 7.08. The molecule has 0 radical (unpaired) electrons. The van der Waals surface area contributed by atoms with Crippen molar-refractivity contribution in [3.05, 3.63) is 30.1 Å². The number of carboxylic acids is 1. The Morgan fingerprint density at radius 2 is 1.90 bits per heavy atom. The van der Waals surface area contributed by atoms with Crippen LogP contribution in [0.3, 0.4) is 0 Å². The van der Waals surface area contributed by atoms with Gasteiger partial charge in [0.15, 0.2) is 0 Å². The highest BCUT2D eigenvalue weighted by Gasteiger charge is 2.19. The molecular weight excluding hydrogens is 252 g/mol. The number of hydrogen-bond donors (Lipinski definition) is 1. The Morgan fingerprint density at radius 3 is 2.45 bits per heavy atom. The minimum absolute atomic E-state index is 0.284. The van der Waals surface area contributed by atoms with Crippen LogP contribution in [0.4, 0.5) is 0 Å². The van der Waals surface area contributed by atoms with Gasteiger partial charge in [0.2, 0.25) is 0 Å². The van der Waals surface area contributed by atoms with Crippen molar-refractivity contribution < 1.29 is 9.90 Å². The molecule has 0 unspecified atom stereocenters. The topological polar surface area (TPSA) is 55.1 Å².